The molecule has 0 atom stereocenters. The summed E-state index contributed by atoms with van der Waals surface area (Å²) in [4.78, 5) is 41.1. The number of anilines is 1. The second kappa shape index (κ2) is 5.73. The van der Waals surface area contributed by atoms with Gasteiger partial charge in [-0.25, -0.2) is 4.98 Å². The molecule has 1 aliphatic rings. The maximum atomic E-state index is 12.4. The maximum Gasteiger partial charge on any atom is 0.270 e. The van der Waals surface area contributed by atoms with Crippen molar-refractivity contribution >= 4 is 23.4 Å². The quantitative estimate of drug-likeness (QED) is 0.858. The summed E-state index contributed by atoms with van der Waals surface area (Å²) in [7, 11) is 1.72. The third-order valence-corrected chi connectivity index (χ3v) is 4.34. The molecule has 0 spiro atoms. The van der Waals surface area contributed by atoms with Crippen LogP contribution in [0.3, 0.4) is 0 Å². The molecule has 1 aromatic carbocycles. The van der Waals surface area contributed by atoms with E-state index in [1.54, 1.807) is 30.1 Å². The Morgan fingerprint density at radius 3 is 2.72 bits per heavy atom. The molecule has 1 aliphatic heterocycles. The predicted octanol–water partition coefficient (Wildman–Crippen LogP) is 0.957. The van der Waals surface area contributed by atoms with Crippen LogP contribution in [0.1, 0.15) is 46.1 Å². The molecule has 0 unspecified atom stereocenters. The highest BCUT2D eigenvalue weighted by atomic mass is 16.3. The van der Waals surface area contributed by atoms with Crippen LogP contribution in [0.25, 0.3) is 0 Å². The number of nitrogens with one attached hydrogen (secondary N) is 1. The predicted molar refractivity (Wildman–Crippen MR) is 89.1 cm³/mol. The average molecular weight is 342 g/mol. The number of amides is 3. The minimum absolute atomic E-state index is 0.00470. The van der Waals surface area contributed by atoms with E-state index < -0.39 is 11.3 Å². The van der Waals surface area contributed by atoms with Gasteiger partial charge in [-0.1, -0.05) is 0 Å². The number of rotatable bonds is 4. The van der Waals surface area contributed by atoms with E-state index in [2.05, 4.69) is 10.3 Å². The number of likely N-dealkylation sites (N-methyl/N-ethyl adjacent to an activating group) is 1. The maximum absolute atomic E-state index is 12.4. The van der Waals surface area contributed by atoms with Crippen LogP contribution in [0.5, 0.6) is 0 Å². The van der Waals surface area contributed by atoms with Crippen molar-refractivity contribution in [2.45, 2.75) is 25.8 Å². The molecule has 8 heteroatoms. The molecule has 0 saturated heterocycles. The number of aromatic nitrogens is 1. The van der Waals surface area contributed by atoms with Gasteiger partial charge in [0.25, 0.3) is 11.8 Å². The molecule has 0 fully saturated rings. The number of nitrogens with two attached hydrogens (primary N) is 1. The smallest absolute Gasteiger partial charge is 0.270 e. The monoisotopic (exact) mass is 342 g/mol. The van der Waals surface area contributed by atoms with E-state index in [4.69, 9.17) is 10.2 Å². The zero-order valence-corrected chi connectivity index (χ0v) is 14.1. The molecule has 0 radical (unpaired) electrons. The zero-order valence-electron chi connectivity index (χ0n) is 14.1. The Morgan fingerprint density at radius 2 is 2.08 bits per heavy atom. The van der Waals surface area contributed by atoms with E-state index >= 15 is 0 Å². The van der Waals surface area contributed by atoms with Crippen LogP contribution in [0.2, 0.25) is 0 Å². The van der Waals surface area contributed by atoms with Crippen LogP contribution in [0.15, 0.2) is 28.9 Å². The molecule has 25 heavy (non-hydrogen) atoms. The first-order chi connectivity index (χ1) is 11.7. The minimum Gasteiger partial charge on any atom is -0.446 e. The average Bonchev–Trinajstić information content (AvgIpc) is 3.12. The largest absolute Gasteiger partial charge is 0.446 e. The number of fused-ring (bicyclic) bond motifs is 1. The van der Waals surface area contributed by atoms with Gasteiger partial charge in [-0.05, 0) is 37.6 Å². The van der Waals surface area contributed by atoms with Gasteiger partial charge in [0, 0.05) is 18.3 Å². The van der Waals surface area contributed by atoms with Gasteiger partial charge in [0.15, 0.2) is 5.69 Å². The van der Waals surface area contributed by atoms with Crippen molar-refractivity contribution in [1.29, 1.82) is 0 Å². The first-order valence-corrected chi connectivity index (χ1v) is 7.67. The summed E-state index contributed by atoms with van der Waals surface area (Å²) in [5.74, 6) is -0.868. The summed E-state index contributed by atoms with van der Waals surface area (Å²) < 4.78 is 5.07. The molecule has 130 valence electrons. The van der Waals surface area contributed by atoms with Crippen molar-refractivity contribution in [2.24, 2.45) is 5.73 Å². The highest BCUT2D eigenvalue weighted by molar-refractivity contribution is 6.08. The summed E-state index contributed by atoms with van der Waals surface area (Å²) in [5, 5.41) is 2.66. The fourth-order valence-electron chi connectivity index (χ4n) is 2.88. The number of primary amides is 1. The van der Waals surface area contributed by atoms with Gasteiger partial charge >= 0.3 is 0 Å². The number of hydrogen-bond acceptors (Lipinski definition) is 5. The van der Waals surface area contributed by atoms with Crippen molar-refractivity contribution < 1.29 is 18.8 Å². The first kappa shape index (κ1) is 16.7. The Balaban J connectivity index is 1.76. The normalized spacial score (nSPS) is 15.2. The highest BCUT2D eigenvalue weighted by Gasteiger charge is 2.42. The molecule has 3 amide bonds. The number of benzene rings is 1. The van der Waals surface area contributed by atoms with Crippen molar-refractivity contribution in [1.82, 2.24) is 10.3 Å². The fraction of sp³-hybridized carbons (Fsp3) is 0.294. The van der Waals surface area contributed by atoms with Gasteiger partial charge in [0.2, 0.25) is 11.8 Å². The topological polar surface area (TPSA) is 119 Å². The van der Waals surface area contributed by atoms with Gasteiger partial charge in [-0.15, -0.1) is 0 Å². The molecule has 3 rings (SSSR count). The number of nitrogens with zero attached hydrogens (tertiary/aromatic N) is 2. The summed E-state index contributed by atoms with van der Waals surface area (Å²) in [6.45, 7) is 3.68. The Labute approximate surface area is 144 Å². The molecule has 2 heterocycles. The molecular weight excluding hydrogens is 324 g/mol. The van der Waals surface area contributed by atoms with Crippen LogP contribution < -0.4 is 16.0 Å². The van der Waals surface area contributed by atoms with Gasteiger partial charge in [0.05, 0.1) is 12.0 Å². The second-order valence-corrected chi connectivity index (χ2v) is 6.39. The third-order valence-electron chi connectivity index (χ3n) is 4.34. The second-order valence-electron chi connectivity index (χ2n) is 6.39. The van der Waals surface area contributed by atoms with E-state index in [0.717, 1.165) is 17.5 Å². The van der Waals surface area contributed by atoms with Gasteiger partial charge in [0.1, 0.15) is 6.26 Å². The lowest BCUT2D eigenvalue weighted by Crippen LogP contribution is -2.33. The SMILES string of the molecule is CN1C(=O)C(C)(C)c2cc(C(=O)NCc3nc(C(N)=O)co3)ccc21. The number of carbonyl (C=O) groups excluding carboxylic acids is 3. The van der Waals surface area contributed by atoms with Crippen LogP contribution in [0.4, 0.5) is 5.69 Å². The lowest BCUT2D eigenvalue weighted by atomic mass is 9.85. The molecule has 0 bridgehead atoms. The molecule has 8 nitrogen and oxygen atoms in total. The highest BCUT2D eigenvalue weighted by Crippen LogP contribution is 2.40. The Hall–Kier alpha value is -3.16. The number of carbonyl (C=O) groups is 3. The van der Waals surface area contributed by atoms with Gasteiger partial charge < -0.3 is 20.4 Å². The molecule has 1 aromatic heterocycles. The van der Waals surface area contributed by atoms with Crippen molar-refractivity contribution in [2.75, 3.05) is 11.9 Å². The van der Waals surface area contributed by atoms with Gasteiger partial charge in [-0.2, -0.15) is 0 Å². The third kappa shape index (κ3) is 2.75. The number of oxazole rings is 1. The molecule has 3 N–H and O–H groups in total. The molecular formula is C17H18N4O4. The first-order valence-electron chi connectivity index (χ1n) is 7.67. The Bertz CT molecular complexity index is 885. The van der Waals surface area contributed by atoms with Crippen molar-refractivity contribution in [3.8, 4) is 0 Å². The van der Waals surface area contributed by atoms with Crippen LogP contribution in [-0.4, -0.2) is 29.8 Å². The van der Waals surface area contributed by atoms with Gasteiger partial charge in [-0.3, -0.25) is 14.4 Å². The van der Waals surface area contributed by atoms with E-state index in [1.807, 2.05) is 13.8 Å². The lowest BCUT2D eigenvalue weighted by molar-refractivity contribution is -0.121. The van der Waals surface area contributed by atoms with E-state index in [1.165, 1.54) is 0 Å². The Morgan fingerprint density at radius 1 is 1.36 bits per heavy atom. The summed E-state index contributed by atoms with van der Waals surface area (Å²) in [6, 6.07) is 5.13. The van der Waals surface area contributed by atoms with E-state index in [0.29, 0.717) is 5.56 Å². The van der Waals surface area contributed by atoms with Crippen LogP contribution in [-0.2, 0) is 16.8 Å². The van der Waals surface area contributed by atoms with Crippen LogP contribution in [0, 0.1) is 0 Å². The molecule has 2 aromatic rings. The van der Waals surface area contributed by atoms with Crippen LogP contribution >= 0.6 is 0 Å². The molecule has 0 aliphatic carbocycles. The zero-order chi connectivity index (χ0) is 18.4. The lowest BCUT2D eigenvalue weighted by Gasteiger charge is -2.16. The number of hydrogen-bond donors (Lipinski definition) is 2. The summed E-state index contributed by atoms with van der Waals surface area (Å²) in [5.41, 5.74) is 6.45. The standard InChI is InChI=1S/C17H18N4O4/c1-17(2)10-6-9(4-5-12(10)21(3)16(17)24)15(23)19-7-13-20-11(8-25-13)14(18)22/h4-6,8H,7H2,1-3H3,(H2,18,22)(H,19,23). The van der Waals surface area contributed by atoms with E-state index in [9.17, 15) is 14.4 Å². The van der Waals surface area contributed by atoms with E-state index in [-0.39, 0.29) is 29.9 Å². The minimum atomic E-state index is -0.698. The van der Waals surface area contributed by atoms with Crippen molar-refractivity contribution in [3.05, 3.63) is 47.2 Å². The Kier molecular flexibility index (Phi) is 3.82. The van der Waals surface area contributed by atoms with Crippen molar-refractivity contribution in [3.63, 3.8) is 0 Å². The summed E-state index contributed by atoms with van der Waals surface area (Å²) in [6.07, 6.45) is 1.14. The summed E-state index contributed by atoms with van der Waals surface area (Å²) >= 11 is 0. The molecule has 0 saturated carbocycles. The fourth-order valence-corrected chi connectivity index (χ4v) is 2.88.